The molecule has 152 valence electrons. The molecule has 0 bridgehead atoms. The highest BCUT2D eigenvalue weighted by Gasteiger charge is 2.32. The second-order valence-corrected chi connectivity index (χ2v) is 8.14. The number of aromatic amines is 1. The molecule has 2 aromatic heterocycles. The maximum atomic E-state index is 12.6. The Bertz CT molecular complexity index is 1060. The van der Waals surface area contributed by atoms with Crippen molar-refractivity contribution < 1.29 is 9.59 Å². The van der Waals surface area contributed by atoms with E-state index in [1.165, 1.54) is 5.56 Å². The summed E-state index contributed by atoms with van der Waals surface area (Å²) in [5.41, 5.74) is 3.74. The second kappa shape index (κ2) is 7.69. The lowest BCUT2D eigenvalue weighted by molar-refractivity contribution is 0.0870. The number of hydrogen-bond acceptors (Lipinski definition) is 4. The lowest BCUT2D eigenvalue weighted by Crippen LogP contribution is -2.46. The summed E-state index contributed by atoms with van der Waals surface area (Å²) in [7, 11) is 0. The minimum absolute atomic E-state index is 0.0120. The number of aryl methyl sites for hydroxylation is 1. The fraction of sp³-hybridized carbons (Fsp3) is 0.429. The SMILES string of the molecule is Cc1ccc2[nH]cc(CCNC(=O)c3nnn4c3C(=O)NC(CC(C)C)C4)c2c1. The van der Waals surface area contributed by atoms with Gasteiger partial charge in [-0.3, -0.25) is 9.59 Å². The number of nitrogens with one attached hydrogen (secondary N) is 3. The number of rotatable bonds is 6. The number of carbonyl (C=O) groups is 2. The van der Waals surface area contributed by atoms with Crippen LogP contribution in [0.5, 0.6) is 0 Å². The van der Waals surface area contributed by atoms with Crippen molar-refractivity contribution in [1.82, 2.24) is 30.6 Å². The van der Waals surface area contributed by atoms with Gasteiger partial charge in [0, 0.05) is 29.7 Å². The van der Waals surface area contributed by atoms with Gasteiger partial charge in [0.1, 0.15) is 0 Å². The standard InChI is InChI=1S/C21H26N6O2/c1-12(2)8-15-11-27-19(21(29)24-15)18(25-26-27)20(28)22-7-6-14-10-23-17-5-4-13(3)9-16(14)17/h4-5,9-10,12,15,23H,6-8,11H2,1-3H3,(H,22,28)(H,24,29). The molecule has 0 fully saturated rings. The highest BCUT2D eigenvalue weighted by molar-refractivity contribution is 6.05. The average molecular weight is 394 g/mol. The van der Waals surface area contributed by atoms with Gasteiger partial charge in [-0.25, -0.2) is 4.68 Å². The van der Waals surface area contributed by atoms with Gasteiger partial charge in [0.05, 0.1) is 6.54 Å². The summed E-state index contributed by atoms with van der Waals surface area (Å²) in [6, 6.07) is 6.27. The van der Waals surface area contributed by atoms with Gasteiger partial charge in [0.2, 0.25) is 0 Å². The molecule has 3 aromatic rings. The van der Waals surface area contributed by atoms with E-state index in [0.29, 0.717) is 25.4 Å². The molecule has 3 heterocycles. The topological polar surface area (TPSA) is 105 Å². The maximum absolute atomic E-state index is 12.6. The van der Waals surface area contributed by atoms with Crippen molar-refractivity contribution in [3.63, 3.8) is 0 Å². The first-order valence-electron chi connectivity index (χ1n) is 10.0. The minimum atomic E-state index is -0.375. The molecule has 3 N–H and O–H groups in total. The Labute approximate surface area is 169 Å². The first-order valence-corrected chi connectivity index (χ1v) is 10.0. The molecule has 2 amide bonds. The maximum Gasteiger partial charge on any atom is 0.274 e. The first-order chi connectivity index (χ1) is 13.9. The molecule has 8 nitrogen and oxygen atoms in total. The quantitative estimate of drug-likeness (QED) is 0.596. The summed E-state index contributed by atoms with van der Waals surface area (Å²) in [4.78, 5) is 28.4. The third-order valence-electron chi connectivity index (χ3n) is 5.25. The number of carbonyl (C=O) groups excluding carboxylic acids is 2. The average Bonchev–Trinajstić information content (AvgIpc) is 3.25. The van der Waals surface area contributed by atoms with Crippen LogP contribution in [-0.2, 0) is 13.0 Å². The zero-order chi connectivity index (χ0) is 20.5. The highest BCUT2D eigenvalue weighted by Crippen LogP contribution is 2.20. The number of H-pyrrole nitrogens is 1. The Hall–Kier alpha value is -3.16. The van der Waals surface area contributed by atoms with Crippen molar-refractivity contribution in [2.24, 2.45) is 5.92 Å². The number of aromatic nitrogens is 4. The predicted molar refractivity (Wildman–Crippen MR) is 110 cm³/mol. The number of fused-ring (bicyclic) bond motifs is 2. The van der Waals surface area contributed by atoms with Crippen LogP contribution in [0.25, 0.3) is 10.9 Å². The smallest absolute Gasteiger partial charge is 0.274 e. The van der Waals surface area contributed by atoms with E-state index in [4.69, 9.17) is 0 Å². The molecule has 1 aromatic carbocycles. The van der Waals surface area contributed by atoms with E-state index in [-0.39, 0.29) is 29.2 Å². The molecule has 8 heteroatoms. The van der Waals surface area contributed by atoms with E-state index < -0.39 is 0 Å². The fourth-order valence-electron chi connectivity index (χ4n) is 3.92. The number of amides is 2. The molecule has 1 aliphatic heterocycles. The van der Waals surface area contributed by atoms with Gasteiger partial charge >= 0.3 is 0 Å². The molecule has 0 aliphatic carbocycles. The first kappa shape index (κ1) is 19.2. The van der Waals surface area contributed by atoms with Crippen LogP contribution < -0.4 is 10.6 Å². The molecule has 4 rings (SSSR count). The van der Waals surface area contributed by atoms with Crippen LogP contribution in [0.1, 0.15) is 52.4 Å². The van der Waals surface area contributed by atoms with Crippen LogP contribution in [0.4, 0.5) is 0 Å². The molecule has 1 unspecified atom stereocenters. The number of benzene rings is 1. The molecule has 29 heavy (non-hydrogen) atoms. The summed E-state index contributed by atoms with van der Waals surface area (Å²) >= 11 is 0. The summed E-state index contributed by atoms with van der Waals surface area (Å²) in [6.45, 7) is 7.26. The van der Waals surface area contributed by atoms with Crippen molar-refractivity contribution in [2.45, 2.75) is 46.2 Å². The molecule has 1 atom stereocenters. The summed E-state index contributed by atoms with van der Waals surface area (Å²) in [5.74, 6) is -0.203. The second-order valence-electron chi connectivity index (χ2n) is 8.14. The lowest BCUT2D eigenvalue weighted by Gasteiger charge is -2.25. The Morgan fingerprint density at radius 2 is 2.21 bits per heavy atom. The van der Waals surface area contributed by atoms with E-state index in [1.54, 1.807) is 4.68 Å². The van der Waals surface area contributed by atoms with Crippen molar-refractivity contribution in [3.8, 4) is 0 Å². The summed E-state index contributed by atoms with van der Waals surface area (Å²) in [5, 5.41) is 15.0. The molecule has 0 saturated heterocycles. The van der Waals surface area contributed by atoms with Gasteiger partial charge in [-0.1, -0.05) is 30.7 Å². The van der Waals surface area contributed by atoms with Crippen molar-refractivity contribution in [1.29, 1.82) is 0 Å². The van der Waals surface area contributed by atoms with Crippen LogP contribution in [-0.4, -0.2) is 44.4 Å². The Kier molecular flexibility index (Phi) is 5.08. The van der Waals surface area contributed by atoms with Gasteiger partial charge in [0.15, 0.2) is 11.4 Å². The molecule has 0 radical (unpaired) electrons. The van der Waals surface area contributed by atoms with Crippen molar-refractivity contribution in [2.75, 3.05) is 6.54 Å². The van der Waals surface area contributed by atoms with Gasteiger partial charge in [-0.15, -0.1) is 5.10 Å². The monoisotopic (exact) mass is 394 g/mol. The largest absolute Gasteiger partial charge is 0.361 e. The van der Waals surface area contributed by atoms with Crippen LogP contribution in [0.15, 0.2) is 24.4 Å². The van der Waals surface area contributed by atoms with E-state index in [0.717, 1.165) is 22.9 Å². The van der Waals surface area contributed by atoms with Gasteiger partial charge in [0.25, 0.3) is 11.8 Å². The van der Waals surface area contributed by atoms with Gasteiger partial charge in [-0.05, 0) is 43.4 Å². The van der Waals surface area contributed by atoms with Crippen LogP contribution >= 0.6 is 0 Å². The predicted octanol–water partition coefficient (Wildman–Crippen LogP) is 2.20. The minimum Gasteiger partial charge on any atom is -0.361 e. The molecule has 1 aliphatic rings. The van der Waals surface area contributed by atoms with Gasteiger partial charge in [-0.2, -0.15) is 0 Å². The van der Waals surface area contributed by atoms with E-state index >= 15 is 0 Å². The zero-order valence-electron chi connectivity index (χ0n) is 17.0. The van der Waals surface area contributed by atoms with Crippen LogP contribution in [0, 0.1) is 12.8 Å². The Balaban J connectivity index is 1.41. The fourth-order valence-corrected chi connectivity index (χ4v) is 3.92. The third kappa shape index (κ3) is 3.87. The number of hydrogen-bond donors (Lipinski definition) is 3. The Morgan fingerprint density at radius 1 is 1.38 bits per heavy atom. The van der Waals surface area contributed by atoms with Crippen LogP contribution in [0.3, 0.4) is 0 Å². The summed E-state index contributed by atoms with van der Waals surface area (Å²) in [6.07, 6.45) is 3.51. The normalized spacial score (nSPS) is 16.1. The Morgan fingerprint density at radius 3 is 3.00 bits per heavy atom. The zero-order valence-corrected chi connectivity index (χ0v) is 17.0. The van der Waals surface area contributed by atoms with Crippen molar-refractivity contribution in [3.05, 3.63) is 46.9 Å². The van der Waals surface area contributed by atoms with E-state index in [2.05, 4.69) is 64.9 Å². The lowest BCUT2D eigenvalue weighted by atomic mass is 10.0. The summed E-state index contributed by atoms with van der Waals surface area (Å²) < 4.78 is 1.54. The van der Waals surface area contributed by atoms with Crippen LogP contribution in [0.2, 0.25) is 0 Å². The highest BCUT2D eigenvalue weighted by atomic mass is 16.2. The van der Waals surface area contributed by atoms with E-state index in [1.807, 2.05) is 6.20 Å². The molecular formula is C21H26N6O2. The number of nitrogens with zero attached hydrogens (tertiary/aromatic N) is 3. The third-order valence-corrected chi connectivity index (χ3v) is 5.25. The molecule has 0 spiro atoms. The van der Waals surface area contributed by atoms with E-state index in [9.17, 15) is 9.59 Å². The van der Waals surface area contributed by atoms with Gasteiger partial charge < -0.3 is 15.6 Å². The molecular weight excluding hydrogens is 368 g/mol. The van der Waals surface area contributed by atoms with Crippen molar-refractivity contribution >= 4 is 22.7 Å². The molecule has 0 saturated carbocycles.